The summed E-state index contributed by atoms with van der Waals surface area (Å²) in [7, 11) is 0. The Morgan fingerprint density at radius 1 is 0.917 bits per heavy atom. The van der Waals surface area contributed by atoms with Crippen LogP contribution in [0.5, 0.6) is 0 Å². The van der Waals surface area contributed by atoms with Gasteiger partial charge in [-0.3, -0.25) is 0 Å². The van der Waals surface area contributed by atoms with Crippen molar-refractivity contribution in [1.29, 1.82) is 0 Å². The van der Waals surface area contributed by atoms with E-state index in [1.807, 2.05) is 0 Å². The Labute approximate surface area is 143 Å². The summed E-state index contributed by atoms with van der Waals surface area (Å²) in [6, 6.07) is 9.58. The van der Waals surface area contributed by atoms with Crippen LogP contribution in [0, 0.1) is 5.92 Å². The molecule has 122 valence electrons. The van der Waals surface area contributed by atoms with E-state index in [1.165, 1.54) is 53.7 Å². The smallest absolute Gasteiger partial charge is 0.00431 e. The molecule has 5 rings (SSSR count). The number of piperidine rings is 1. The van der Waals surface area contributed by atoms with Crippen LogP contribution in [0.2, 0.25) is 0 Å². The molecule has 1 aliphatic heterocycles. The number of hydrogen-bond donors (Lipinski definition) is 1. The maximum absolute atomic E-state index is 3.51. The first-order valence-electron chi connectivity index (χ1n) is 9.57. The van der Waals surface area contributed by atoms with Gasteiger partial charge in [-0.2, -0.15) is 0 Å². The first-order valence-corrected chi connectivity index (χ1v) is 9.57. The van der Waals surface area contributed by atoms with E-state index in [2.05, 4.69) is 47.8 Å². The highest BCUT2D eigenvalue weighted by molar-refractivity contribution is 5.89. The second-order valence-corrected chi connectivity index (χ2v) is 7.52. The van der Waals surface area contributed by atoms with Crippen LogP contribution < -0.4 is 15.8 Å². The zero-order valence-electron chi connectivity index (χ0n) is 14.3. The van der Waals surface area contributed by atoms with Gasteiger partial charge < -0.3 is 5.32 Å². The van der Waals surface area contributed by atoms with Crippen molar-refractivity contribution in [3.63, 3.8) is 0 Å². The summed E-state index contributed by atoms with van der Waals surface area (Å²) in [5, 5.41) is 9.55. The summed E-state index contributed by atoms with van der Waals surface area (Å²) in [6.45, 7) is 2.32. The summed E-state index contributed by atoms with van der Waals surface area (Å²) in [5.41, 5.74) is 4.66. The molecule has 0 atom stereocenters. The first kappa shape index (κ1) is 14.5. The van der Waals surface area contributed by atoms with Gasteiger partial charge in [0.05, 0.1) is 0 Å². The number of fused-ring (bicyclic) bond motifs is 5. The molecular formula is C23H25N. The molecule has 1 heteroatoms. The van der Waals surface area contributed by atoms with E-state index >= 15 is 0 Å². The second-order valence-electron chi connectivity index (χ2n) is 7.52. The van der Waals surface area contributed by atoms with Gasteiger partial charge in [0.1, 0.15) is 0 Å². The molecule has 0 spiro atoms. The van der Waals surface area contributed by atoms with Gasteiger partial charge >= 0.3 is 0 Å². The molecule has 2 aromatic rings. The fraction of sp³-hybridized carbons (Fsp3) is 0.391. The van der Waals surface area contributed by atoms with Crippen LogP contribution in [0.4, 0.5) is 0 Å². The van der Waals surface area contributed by atoms with Gasteiger partial charge in [-0.05, 0) is 95.4 Å². The SMILES string of the molecule is C1=CC(C2CCNCC2)=c2c(ccc3c4c(ccc23)CCCC=4)C1. The van der Waals surface area contributed by atoms with Crippen molar-refractivity contribution in [2.45, 2.75) is 38.5 Å². The Hall–Kier alpha value is -1.86. The Bertz CT molecular complexity index is 942. The fourth-order valence-electron chi connectivity index (χ4n) is 4.90. The van der Waals surface area contributed by atoms with Crippen molar-refractivity contribution in [3.05, 3.63) is 58.0 Å². The van der Waals surface area contributed by atoms with Crippen molar-refractivity contribution in [1.82, 2.24) is 5.32 Å². The largest absolute Gasteiger partial charge is 0.317 e. The predicted octanol–water partition coefficient (Wildman–Crippen LogP) is 3.22. The van der Waals surface area contributed by atoms with Crippen LogP contribution in [0.3, 0.4) is 0 Å². The molecule has 2 aliphatic carbocycles. The van der Waals surface area contributed by atoms with Gasteiger partial charge in [-0.15, -0.1) is 0 Å². The highest BCUT2D eigenvalue weighted by Gasteiger charge is 2.20. The minimum Gasteiger partial charge on any atom is -0.317 e. The monoisotopic (exact) mass is 315 g/mol. The summed E-state index contributed by atoms with van der Waals surface area (Å²) in [5.74, 6) is 0.715. The molecule has 0 bridgehead atoms. The maximum Gasteiger partial charge on any atom is -0.00431 e. The lowest BCUT2D eigenvalue weighted by Crippen LogP contribution is -2.31. The first-order chi connectivity index (χ1) is 11.9. The molecule has 0 amide bonds. The quantitative estimate of drug-likeness (QED) is 0.852. The molecule has 1 fully saturated rings. The maximum atomic E-state index is 3.51. The zero-order valence-corrected chi connectivity index (χ0v) is 14.3. The molecular weight excluding hydrogens is 290 g/mol. The molecule has 0 saturated carbocycles. The minimum atomic E-state index is 0.715. The standard InChI is InChI=1S/C23H25N/c1-2-6-19-16(4-1)8-11-22-21(19)10-9-18-5-3-7-20(23(18)22)17-12-14-24-15-13-17/h3,6-11,17,24H,1-2,4-5,12-15H2. The molecule has 2 aromatic carbocycles. The van der Waals surface area contributed by atoms with Crippen molar-refractivity contribution in [2.75, 3.05) is 13.1 Å². The van der Waals surface area contributed by atoms with Crippen LogP contribution in [0.1, 0.15) is 36.8 Å². The summed E-state index contributed by atoms with van der Waals surface area (Å²) in [4.78, 5) is 0. The van der Waals surface area contributed by atoms with E-state index in [-0.39, 0.29) is 0 Å². The predicted molar refractivity (Wildman–Crippen MR) is 102 cm³/mol. The summed E-state index contributed by atoms with van der Waals surface area (Å²) < 4.78 is 0. The molecule has 24 heavy (non-hydrogen) atoms. The van der Waals surface area contributed by atoms with E-state index < -0.39 is 0 Å². The van der Waals surface area contributed by atoms with E-state index in [1.54, 1.807) is 16.4 Å². The van der Waals surface area contributed by atoms with Crippen molar-refractivity contribution in [2.24, 2.45) is 5.92 Å². The lowest BCUT2D eigenvalue weighted by molar-refractivity contribution is 0.446. The van der Waals surface area contributed by atoms with Gasteiger partial charge in [-0.1, -0.05) is 42.5 Å². The fourth-order valence-corrected chi connectivity index (χ4v) is 4.90. The van der Waals surface area contributed by atoms with E-state index in [0.29, 0.717) is 5.92 Å². The third kappa shape index (κ3) is 2.26. The van der Waals surface area contributed by atoms with Crippen LogP contribution >= 0.6 is 0 Å². The van der Waals surface area contributed by atoms with Gasteiger partial charge in [0.15, 0.2) is 0 Å². The molecule has 0 unspecified atom stereocenters. The molecule has 1 heterocycles. The molecule has 1 nitrogen and oxygen atoms in total. The number of rotatable bonds is 1. The number of aryl methyl sites for hydroxylation is 1. The molecule has 1 N–H and O–H groups in total. The van der Waals surface area contributed by atoms with Gasteiger partial charge in [0, 0.05) is 0 Å². The lowest BCUT2D eigenvalue weighted by atomic mass is 9.82. The highest BCUT2D eigenvalue weighted by Crippen LogP contribution is 2.27. The van der Waals surface area contributed by atoms with E-state index in [0.717, 1.165) is 19.5 Å². The van der Waals surface area contributed by atoms with Gasteiger partial charge in [-0.25, -0.2) is 0 Å². The zero-order chi connectivity index (χ0) is 15.9. The van der Waals surface area contributed by atoms with E-state index in [9.17, 15) is 0 Å². The lowest BCUT2D eigenvalue weighted by Gasteiger charge is -2.26. The van der Waals surface area contributed by atoms with Gasteiger partial charge in [0.25, 0.3) is 0 Å². The Balaban J connectivity index is 1.84. The average Bonchev–Trinajstić information content (AvgIpc) is 2.67. The Kier molecular flexibility index (Phi) is 3.56. The van der Waals surface area contributed by atoms with Crippen LogP contribution in [-0.4, -0.2) is 13.1 Å². The Morgan fingerprint density at radius 2 is 1.75 bits per heavy atom. The van der Waals surface area contributed by atoms with Crippen LogP contribution in [-0.2, 0) is 12.8 Å². The molecule has 0 aromatic heterocycles. The van der Waals surface area contributed by atoms with Crippen molar-refractivity contribution >= 4 is 22.4 Å². The van der Waals surface area contributed by atoms with Crippen LogP contribution in [0.25, 0.3) is 22.4 Å². The summed E-state index contributed by atoms with van der Waals surface area (Å²) >= 11 is 0. The van der Waals surface area contributed by atoms with Crippen LogP contribution in [0.15, 0.2) is 36.4 Å². The molecule has 3 aliphatic rings. The average molecular weight is 315 g/mol. The van der Waals surface area contributed by atoms with Crippen molar-refractivity contribution in [3.8, 4) is 0 Å². The topological polar surface area (TPSA) is 12.0 Å². The van der Waals surface area contributed by atoms with Gasteiger partial charge in [0.2, 0.25) is 0 Å². The van der Waals surface area contributed by atoms with Crippen molar-refractivity contribution < 1.29 is 0 Å². The third-order valence-corrected chi connectivity index (χ3v) is 6.12. The number of benzene rings is 2. The number of allylic oxidation sites excluding steroid dienone is 2. The second kappa shape index (κ2) is 5.89. The number of nitrogens with one attached hydrogen (secondary N) is 1. The minimum absolute atomic E-state index is 0.715. The molecule has 1 saturated heterocycles. The summed E-state index contributed by atoms with van der Waals surface area (Å²) in [6.07, 6.45) is 14.7. The normalized spacial score (nSPS) is 20.6. The Morgan fingerprint density at radius 3 is 2.67 bits per heavy atom. The number of hydrogen-bond acceptors (Lipinski definition) is 1. The third-order valence-electron chi connectivity index (χ3n) is 6.12. The molecule has 0 radical (unpaired) electrons. The highest BCUT2D eigenvalue weighted by atomic mass is 14.9. The van der Waals surface area contributed by atoms with E-state index in [4.69, 9.17) is 0 Å².